The summed E-state index contributed by atoms with van der Waals surface area (Å²) < 4.78 is 34.4. The van der Waals surface area contributed by atoms with Gasteiger partial charge in [-0.2, -0.15) is 0 Å². The lowest BCUT2D eigenvalue weighted by Gasteiger charge is -2.28. The highest BCUT2D eigenvalue weighted by atomic mass is 31.2. The van der Waals surface area contributed by atoms with Crippen LogP contribution in [0.1, 0.15) is 373 Å². The third kappa shape index (κ3) is 86.5. The van der Waals surface area contributed by atoms with E-state index in [2.05, 4.69) is 172 Å². The van der Waals surface area contributed by atoms with Crippen LogP contribution in [-0.2, 0) is 32.7 Å². The van der Waals surface area contributed by atoms with Crippen molar-refractivity contribution in [1.82, 2.24) is 0 Å². The van der Waals surface area contributed by atoms with Crippen molar-refractivity contribution in [2.75, 3.05) is 47.5 Å². The van der Waals surface area contributed by atoms with Crippen LogP contribution in [0.5, 0.6) is 0 Å². The molecule has 2 atom stereocenters. The first-order chi connectivity index (χ1) is 51.0. The molecule has 0 rings (SSSR count). The van der Waals surface area contributed by atoms with Crippen molar-refractivity contribution in [2.45, 2.75) is 380 Å². The molecule has 10 heteroatoms. The Kier molecular flexibility index (Phi) is 79.2. The molecule has 0 bridgehead atoms. The van der Waals surface area contributed by atoms with Crippen LogP contribution in [0.3, 0.4) is 0 Å². The standard InChI is InChI=1S/C94H162NO8P/c1-6-8-10-12-14-16-18-20-22-24-26-28-30-32-34-36-38-40-42-44-46-47-49-50-52-54-56-58-60-62-64-66-68-70-72-74-76-78-80-82-84-86-93(96)100-90-92(91-102-104(98,99)101-89-88-95(3,4)5)103-94(97)87-85-83-81-79-77-75-73-71-69-67-65-63-61-59-57-55-53-51-48-45-43-41-39-37-35-33-31-29-27-25-23-21-19-17-15-13-11-9-7-2/h9,11,15,17-18,20-21,23-24,26-27,29-30,32-33,35,39,41,45,48,53,55,59,61,65,67,92H,6-8,10,12-14,16,19,22,25,28,31,34,36-38,40,42-44,46-47,49-52,54,56-58,60,62-64,66,68-91H2,1-5H3/b11-9-,17-15-,20-18-,23-21-,26-24-,29-27-,32-30-,35-33-,41-39-,48-45-,55-53-,61-59-,67-65-. The number of ether oxygens (including phenoxy) is 2. The first-order valence-electron chi connectivity index (χ1n) is 43.2. The molecule has 0 heterocycles. The number of nitrogens with zero attached hydrogens (tertiary/aromatic N) is 1. The lowest BCUT2D eigenvalue weighted by atomic mass is 10.0. The quantitative estimate of drug-likeness (QED) is 0.0195. The van der Waals surface area contributed by atoms with Gasteiger partial charge in [0.2, 0.25) is 0 Å². The first kappa shape index (κ1) is 99.6. The average Bonchev–Trinajstić information content (AvgIpc) is 0.915. The number of hydrogen-bond acceptors (Lipinski definition) is 8. The Balaban J connectivity index is 3.98. The van der Waals surface area contributed by atoms with Gasteiger partial charge in [-0.05, 0) is 128 Å². The third-order valence-corrected chi connectivity index (χ3v) is 19.5. The Labute approximate surface area is 643 Å². The number of unbranched alkanes of at least 4 members (excludes halogenated alkanes) is 39. The van der Waals surface area contributed by atoms with Gasteiger partial charge in [0.1, 0.15) is 19.8 Å². The van der Waals surface area contributed by atoms with Crippen LogP contribution in [0.4, 0.5) is 0 Å². The molecule has 0 aliphatic heterocycles. The van der Waals surface area contributed by atoms with Gasteiger partial charge in [0.05, 0.1) is 27.7 Å². The van der Waals surface area contributed by atoms with Crippen molar-refractivity contribution in [3.8, 4) is 0 Å². The fraction of sp³-hybridized carbons (Fsp3) is 0.702. The van der Waals surface area contributed by atoms with Crippen LogP contribution in [0, 0.1) is 0 Å². The molecule has 0 spiro atoms. The van der Waals surface area contributed by atoms with Crippen LogP contribution in [0.15, 0.2) is 158 Å². The fourth-order valence-electron chi connectivity index (χ4n) is 12.0. The molecular formula is C94H162NO8P. The maximum Gasteiger partial charge on any atom is 0.306 e. The van der Waals surface area contributed by atoms with Crippen molar-refractivity contribution in [2.24, 2.45) is 0 Å². The second-order valence-corrected chi connectivity index (χ2v) is 31.2. The Morgan fingerprint density at radius 2 is 0.548 bits per heavy atom. The number of rotatable bonds is 79. The zero-order valence-corrected chi connectivity index (χ0v) is 69.1. The summed E-state index contributed by atoms with van der Waals surface area (Å²) in [5.74, 6) is -0.837. The topological polar surface area (TPSA) is 111 Å². The number of phosphoric ester groups is 1. The minimum Gasteiger partial charge on any atom is -0.756 e. The highest BCUT2D eigenvalue weighted by molar-refractivity contribution is 7.45. The van der Waals surface area contributed by atoms with Crippen LogP contribution in [0.25, 0.3) is 0 Å². The monoisotopic (exact) mass is 1460 g/mol. The van der Waals surface area contributed by atoms with Crippen molar-refractivity contribution < 1.29 is 42.1 Å². The zero-order chi connectivity index (χ0) is 75.4. The van der Waals surface area contributed by atoms with Gasteiger partial charge in [0.15, 0.2) is 6.10 Å². The van der Waals surface area contributed by atoms with E-state index in [1.54, 1.807) is 0 Å². The molecule has 596 valence electrons. The molecule has 9 nitrogen and oxygen atoms in total. The summed E-state index contributed by atoms with van der Waals surface area (Å²) in [5, 5.41) is 0. The predicted molar refractivity (Wildman–Crippen MR) is 452 cm³/mol. The molecule has 0 amide bonds. The summed E-state index contributed by atoms with van der Waals surface area (Å²) in [6, 6.07) is 0. The first-order valence-corrected chi connectivity index (χ1v) is 44.7. The Morgan fingerprint density at radius 1 is 0.308 bits per heavy atom. The number of allylic oxidation sites excluding steroid dienone is 26. The number of phosphoric acid groups is 1. The van der Waals surface area contributed by atoms with Gasteiger partial charge in [-0.3, -0.25) is 14.2 Å². The molecule has 0 radical (unpaired) electrons. The lowest BCUT2D eigenvalue weighted by Crippen LogP contribution is -2.37. The number of likely N-dealkylation sites (N-methyl/N-ethyl adjacent to an activating group) is 1. The normalized spacial score (nSPS) is 13.8. The summed E-state index contributed by atoms with van der Waals surface area (Å²) >= 11 is 0. The summed E-state index contributed by atoms with van der Waals surface area (Å²) in [6.07, 6.45) is 124. The summed E-state index contributed by atoms with van der Waals surface area (Å²) in [7, 11) is 1.16. The lowest BCUT2D eigenvalue weighted by molar-refractivity contribution is -0.870. The Morgan fingerprint density at radius 3 is 0.817 bits per heavy atom. The highest BCUT2D eigenvalue weighted by Crippen LogP contribution is 2.38. The molecular weight excluding hydrogens is 1300 g/mol. The summed E-state index contributed by atoms with van der Waals surface area (Å²) in [4.78, 5) is 38.2. The van der Waals surface area contributed by atoms with Crippen molar-refractivity contribution in [3.05, 3.63) is 158 Å². The molecule has 0 aliphatic rings. The maximum absolute atomic E-state index is 12.9. The minimum atomic E-state index is -4.66. The van der Waals surface area contributed by atoms with Crippen LogP contribution >= 0.6 is 7.82 Å². The van der Waals surface area contributed by atoms with E-state index in [1.165, 1.54) is 218 Å². The van der Waals surface area contributed by atoms with Crippen LogP contribution < -0.4 is 4.89 Å². The molecule has 0 aliphatic carbocycles. The van der Waals surface area contributed by atoms with E-state index in [0.717, 1.165) is 122 Å². The zero-order valence-electron chi connectivity index (χ0n) is 68.2. The molecule has 0 aromatic rings. The van der Waals surface area contributed by atoms with E-state index >= 15 is 0 Å². The molecule has 0 saturated heterocycles. The minimum absolute atomic E-state index is 0.0378. The van der Waals surface area contributed by atoms with E-state index in [4.69, 9.17) is 18.5 Å². The highest BCUT2D eigenvalue weighted by Gasteiger charge is 2.22. The smallest absolute Gasteiger partial charge is 0.306 e. The molecule has 0 fully saturated rings. The molecule has 0 N–H and O–H groups in total. The second-order valence-electron chi connectivity index (χ2n) is 29.8. The summed E-state index contributed by atoms with van der Waals surface area (Å²) in [6.45, 7) is 4.13. The maximum atomic E-state index is 12.9. The van der Waals surface area contributed by atoms with Gasteiger partial charge in [-0.25, -0.2) is 0 Å². The Bertz CT molecular complexity index is 2320. The molecule has 0 aromatic heterocycles. The number of carbonyl (C=O) groups excluding carboxylic acids is 2. The van der Waals surface area contributed by atoms with Crippen molar-refractivity contribution in [1.29, 1.82) is 0 Å². The molecule has 0 aromatic carbocycles. The number of quaternary nitrogens is 1. The number of esters is 2. The fourth-order valence-corrected chi connectivity index (χ4v) is 12.7. The SMILES string of the molecule is CC/C=C\C/C=C\C/C=C\C/C=C\C/C=C\C/C=C\C/C=C\C/C=C\C/C=C\C/C=C\CCCCCCCCCCC(=O)OC(COC(=O)CCCCCCCCCCCCCCCCCCCCCCCCCCCC/C=C\C/C=C\C/C=C\CCCCCCC)COP(=O)([O-])OCC[N+](C)(C)C. The number of hydrogen-bond donors (Lipinski definition) is 0. The van der Waals surface area contributed by atoms with E-state index in [0.29, 0.717) is 17.4 Å². The van der Waals surface area contributed by atoms with Gasteiger partial charge in [0, 0.05) is 12.8 Å². The van der Waals surface area contributed by atoms with Gasteiger partial charge in [-0.15, -0.1) is 0 Å². The van der Waals surface area contributed by atoms with Gasteiger partial charge in [0.25, 0.3) is 7.82 Å². The van der Waals surface area contributed by atoms with Crippen LogP contribution in [0.2, 0.25) is 0 Å². The third-order valence-electron chi connectivity index (χ3n) is 18.5. The van der Waals surface area contributed by atoms with Gasteiger partial charge in [-0.1, -0.05) is 390 Å². The average molecular weight is 1470 g/mol. The van der Waals surface area contributed by atoms with Gasteiger partial charge < -0.3 is 27.9 Å². The molecule has 104 heavy (non-hydrogen) atoms. The Hall–Kier alpha value is -4.37. The van der Waals surface area contributed by atoms with E-state index < -0.39 is 26.5 Å². The van der Waals surface area contributed by atoms with Crippen molar-refractivity contribution >= 4 is 19.8 Å². The van der Waals surface area contributed by atoms with Gasteiger partial charge >= 0.3 is 11.9 Å². The van der Waals surface area contributed by atoms with Crippen LogP contribution in [-0.4, -0.2) is 70.0 Å². The molecule has 0 saturated carbocycles. The number of carbonyl (C=O) groups is 2. The van der Waals surface area contributed by atoms with E-state index in [-0.39, 0.29) is 32.0 Å². The summed E-state index contributed by atoms with van der Waals surface area (Å²) in [5.41, 5.74) is 0. The van der Waals surface area contributed by atoms with Crippen molar-refractivity contribution in [3.63, 3.8) is 0 Å². The largest absolute Gasteiger partial charge is 0.756 e. The predicted octanol–water partition coefficient (Wildman–Crippen LogP) is 28.8. The second kappa shape index (κ2) is 82.7. The van der Waals surface area contributed by atoms with E-state index in [9.17, 15) is 19.0 Å². The van der Waals surface area contributed by atoms with E-state index in [1.807, 2.05) is 21.1 Å². The molecule has 2 unspecified atom stereocenters.